The number of hydrogen-bond acceptors (Lipinski definition) is 2. The molecule has 3 nitrogen and oxygen atoms in total. The molecule has 0 spiro atoms. The van der Waals surface area contributed by atoms with Crippen LogP contribution in [0.5, 0.6) is 0 Å². The Labute approximate surface area is 105 Å². The van der Waals surface area contributed by atoms with Crippen LogP contribution < -0.4 is 5.32 Å². The quantitative estimate of drug-likeness (QED) is 0.814. The van der Waals surface area contributed by atoms with Crippen LogP contribution in [0.4, 0.5) is 0 Å². The van der Waals surface area contributed by atoms with Gasteiger partial charge < -0.3 is 10.2 Å². The van der Waals surface area contributed by atoms with Crippen LogP contribution in [0.25, 0.3) is 0 Å². The highest BCUT2D eigenvalue weighted by Crippen LogP contribution is 2.65. The Hall–Kier alpha value is -0.570. The van der Waals surface area contributed by atoms with Crippen molar-refractivity contribution in [1.29, 1.82) is 0 Å². The summed E-state index contributed by atoms with van der Waals surface area (Å²) in [6.07, 6.45) is 3.91. The molecule has 2 saturated carbocycles. The summed E-state index contributed by atoms with van der Waals surface area (Å²) in [7, 11) is 3.63. The third-order valence-corrected chi connectivity index (χ3v) is 5.79. The molecule has 2 bridgehead atoms. The number of amides is 1. The summed E-state index contributed by atoms with van der Waals surface area (Å²) in [5, 5.41) is 3.50. The Morgan fingerprint density at radius 2 is 2.00 bits per heavy atom. The summed E-state index contributed by atoms with van der Waals surface area (Å²) >= 11 is 0. The number of fused-ring (bicyclic) bond motifs is 2. The van der Waals surface area contributed by atoms with E-state index in [4.69, 9.17) is 0 Å². The summed E-state index contributed by atoms with van der Waals surface area (Å²) < 4.78 is 0. The van der Waals surface area contributed by atoms with Crippen molar-refractivity contribution >= 4 is 5.91 Å². The van der Waals surface area contributed by atoms with Crippen molar-refractivity contribution in [3.05, 3.63) is 0 Å². The molecule has 2 aliphatic rings. The molecule has 98 valence electrons. The Morgan fingerprint density at radius 1 is 1.35 bits per heavy atom. The first-order valence-electron chi connectivity index (χ1n) is 6.72. The smallest absolute Gasteiger partial charge is 0.236 e. The van der Waals surface area contributed by atoms with E-state index in [-0.39, 0.29) is 5.91 Å². The van der Waals surface area contributed by atoms with Gasteiger partial charge in [0.1, 0.15) is 0 Å². The van der Waals surface area contributed by atoms with Crippen molar-refractivity contribution in [1.82, 2.24) is 10.2 Å². The van der Waals surface area contributed by atoms with Crippen LogP contribution in [0.1, 0.15) is 40.0 Å². The third-order valence-electron chi connectivity index (χ3n) is 5.79. The monoisotopic (exact) mass is 238 g/mol. The average molecular weight is 238 g/mol. The molecule has 0 aliphatic heterocycles. The first-order valence-corrected chi connectivity index (χ1v) is 6.72. The van der Waals surface area contributed by atoms with E-state index in [0.29, 0.717) is 23.4 Å². The van der Waals surface area contributed by atoms with E-state index in [0.717, 1.165) is 5.92 Å². The van der Waals surface area contributed by atoms with E-state index in [1.54, 1.807) is 4.90 Å². The van der Waals surface area contributed by atoms with Gasteiger partial charge in [-0.05, 0) is 36.0 Å². The van der Waals surface area contributed by atoms with Crippen molar-refractivity contribution in [2.75, 3.05) is 20.6 Å². The highest BCUT2D eigenvalue weighted by atomic mass is 16.2. The number of likely N-dealkylation sites (N-methyl/N-ethyl adjacent to an activating group) is 1. The zero-order chi connectivity index (χ0) is 12.8. The number of hydrogen-bond donors (Lipinski definition) is 1. The molecular formula is C14H26N2O. The molecule has 3 atom stereocenters. The number of carbonyl (C=O) groups is 1. The molecule has 3 unspecified atom stereocenters. The molecule has 0 saturated heterocycles. The summed E-state index contributed by atoms with van der Waals surface area (Å²) in [6, 6.07) is 0.514. The van der Waals surface area contributed by atoms with Gasteiger partial charge in [-0.2, -0.15) is 0 Å². The lowest BCUT2D eigenvalue weighted by Crippen LogP contribution is -2.47. The van der Waals surface area contributed by atoms with Gasteiger partial charge in [0.05, 0.1) is 6.54 Å². The van der Waals surface area contributed by atoms with E-state index in [9.17, 15) is 4.79 Å². The van der Waals surface area contributed by atoms with Gasteiger partial charge in [0.2, 0.25) is 5.91 Å². The molecule has 0 aromatic rings. The number of rotatable bonds is 3. The maximum atomic E-state index is 11.6. The molecule has 1 N–H and O–H groups in total. The van der Waals surface area contributed by atoms with E-state index in [1.807, 2.05) is 14.1 Å². The average Bonchev–Trinajstić information content (AvgIpc) is 2.57. The summed E-state index contributed by atoms with van der Waals surface area (Å²) in [5.74, 6) is 1.01. The predicted molar refractivity (Wildman–Crippen MR) is 69.7 cm³/mol. The SMILES string of the molecule is CN(C)C(=O)CNC1CC2CCC1(C)C2(C)C. The van der Waals surface area contributed by atoms with Crippen LogP contribution in [0.3, 0.4) is 0 Å². The molecule has 0 aromatic carbocycles. The van der Waals surface area contributed by atoms with Crippen LogP contribution >= 0.6 is 0 Å². The normalized spacial score (nSPS) is 38.4. The van der Waals surface area contributed by atoms with Gasteiger partial charge in [-0.25, -0.2) is 0 Å². The van der Waals surface area contributed by atoms with Crippen LogP contribution in [0, 0.1) is 16.7 Å². The molecule has 1 amide bonds. The van der Waals surface area contributed by atoms with E-state index in [2.05, 4.69) is 26.1 Å². The van der Waals surface area contributed by atoms with Crippen LogP contribution in [-0.2, 0) is 4.79 Å². The maximum Gasteiger partial charge on any atom is 0.236 e. The van der Waals surface area contributed by atoms with Crippen molar-refractivity contribution < 1.29 is 4.79 Å². The lowest BCUT2D eigenvalue weighted by molar-refractivity contribution is -0.128. The minimum atomic E-state index is 0.175. The molecule has 0 heterocycles. The number of nitrogens with zero attached hydrogens (tertiary/aromatic N) is 1. The summed E-state index contributed by atoms with van der Waals surface area (Å²) in [6.45, 7) is 7.69. The number of nitrogens with one attached hydrogen (secondary N) is 1. The fourth-order valence-electron chi connectivity index (χ4n) is 3.88. The minimum absolute atomic E-state index is 0.175. The Morgan fingerprint density at radius 3 is 2.41 bits per heavy atom. The standard InChI is InChI=1S/C14H26N2O/c1-13(2)10-6-7-14(13,3)11(8-10)15-9-12(17)16(4)5/h10-11,15H,6-9H2,1-5H3. The molecule has 3 heteroatoms. The van der Waals surface area contributed by atoms with Gasteiger partial charge in [0, 0.05) is 20.1 Å². The molecule has 2 aliphatic carbocycles. The maximum absolute atomic E-state index is 11.6. The van der Waals surface area contributed by atoms with Crippen LogP contribution in [0.15, 0.2) is 0 Å². The summed E-state index contributed by atoms with van der Waals surface area (Å²) in [5.41, 5.74) is 0.788. The molecule has 2 rings (SSSR count). The second kappa shape index (κ2) is 3.98. The first kappa shape index (κ1) is 12.9. The van der Waals surface area contributed by atoms with Gasteiger partial charge in [-0.3, -0.25) is 4.79 Å². The third kappa shape index (κ3) is 1.79. The number of carbonyl (C=O) groups excluding carboxylic acids is 1. The fourth-order valence-corrected chi connectivity index (χ4v) is 3.88. The molecule has 2 fully saturated rings. The van der Waals surface area contributed by atoms with E-state index >= 15 is 0 Å². The van der Waals surface area contributed by atoms with E-state index < -0.39 is 0 Å². The molecular weight excluding hydrogens is 212 g/mol. The van der Waals surface area contributed by atoms with Crippen molar-refractivity contribution in [2.24, 2.45) is 16.7 Å². The van der Waals surface area contributed by atoms with Gasteiger partial charge >= 0.3 is 0 Å². The van der Waals surface area contributed by atoms with Gasteiger partial charge in [0.15, 0.2) is 0 Å². The Balaban J connectivity index is 1.99. The van der Waals surface area contributed by atoms with Crippen molar-refractivity contribution in [3.8, 4) is 0 Å². The topological polar surface area (TPSA) is 32.3 Å². The van der Waals surface area contributed by atoms with Crippen molar-refractivity contribution in [3.63, 3.8) is 0 Å². The van der Waals surface area contributed by atoms with Gasteiger partial charge in [-0.15, -0.1) is 0 Å². The van der Waals surface area contributed by atoms with Gasteiger partial charge in [0.25, 0.3) is 0 Å². The predicted octanol–water partition coefficient (Wildman–Crippen LogP) is 1.88. The van der Waals surface area contributed by atoms with Gasteiger partial charge in [-0.1, -0.05) is 20.8 Å². The Bertz CT molecular complexity index is 324. The second-order valence-corrected chi connectivity index (χ2v) is 6.83. The van der Waals surface area contributed by atoms with Crippen LogP contribution in [-0.4, -0.2) is 37.5 Å². The Kier molecular flexibility index (Phi) is 3.01. The van der Waals surface area contributed by atoms with E-state index in [1.165, 1.54) is 19.3 Å². The first-order chi connectivity index (χ1) is 7.79. The minimum Gasteiger partial charge on any atom is -0.348 e. The largest absolute Gasteiger partial charge is 0.348 e. The lowest BCUT2D eigenvalue weighted by Gasteiger charge is -2.39. The molecule has 0 aromatic heterocycles. The second-order valence-electron chi connectivity index (χ2n) is 6.83. The lowest BCUT2D eigenvalue weighted by atomic mass is 9.69. The highest BCUT2D eigenvalue weighted by molar-refractivity contribution is 5.77. The van der Waals surface area contributed by atoms with Crippen LogP contribution in [0.2, 0.25) is 0 Å². The zero-order valence-corrected chi connectivity index (χ0v) is 11.8. The fraction of sp³-hybridized carbons (Fsp3) is 0.929. The molecule has 0 radical (unpaired) electrons. The summed E-state index contributed by atoms with van der Waals surface area (Å²) in [4.78, 5) is 13.3. The molecule has 17 heavy (non-hydrogen) atoms. The highest BCUT2D eigenvalue weighted by Gasteiger charge is 2.61. The zero-order valence-electron chi connectivity index (χ0n) is 11.8. The van der Waals surface area contributed by atoms with Crippen molar-refractivity contribution in [2.45, 2.75) is 46.1 Å².